The highest BCUT2D eigenvalue weighted by molar-refractivity contribution is 5.71. The van der Waals surface area contributed by atoms with Crippen molar-refractivity contribution < 1.29 is 19.4 Å². The van der Waals surface area contributed by atoms with E-state index in [4.69, 9.17) is 14.6 Å². The van der Waals surface area contributed by atoms with Crippen LogP contribution in [0.4, 0.5) is 0 Å². The third-order valence-corrected chi connectivity index (χ3v) is 2.64. The van der Waals surface area contributed by atoms with E-state index in [2.05, 4.69) is 0 Å². The van der Waals surface area contributed by atoms with Crippen molar-refractivity contribution in [3.8, 4) is 0 Å². The van der Waals surface area contributed by atoms with Gasteiger partial charge in [0, 0.05) is 0 Å². The van der Waals surface area contributed by atoms with Crippen LogP contribution >= 0.6 is 0 Å². The van der Waals surface area contributed by atoms with Gasteiger partial charge in [-0.1, -0.05) is 0 Å². The second-order valence-electron chi connectivity index (χ2n) is 4.20. The van der Waals surface area contributed by atoms with Crippen molar-refractivity contribution in [1.29, 1.82) is 0 Å². The van der Waals surface area contributed by atoms with Crippen LogP contribution < -0.4 is 0 Å². The minimum absolute atomic E-state index is 0.113. The lowest BCUT2D eigenvalue weighted by atomic mass is 10.1. The zero-order valence-electron chi connectivity index (χ0n) is 9.44. The molecule has 1 N–H and O–H groups in total. The molecule has 1 aliphatic rings. The molecule has 0 heterocycles. The zero-order valence-corrected chi connectivity index (χ0v) is 9.44. The lowest BCUT2D eigenvalue weighted by molar-refractivity contribution is -0.146. The smallest absolute Gasteiger partial charge is 0.309 e. The number of hydrogen-bond donors (Lipinski definition) is 1. The summed E-state index contributed by atoms with van der Waals surface area (Å²) in [6.45, 7) is 4.97. The van der Waals surface area contributed by atoms with E-state index < -0.39 is 5.97 Å². The standard InChI is InChI=1S/C11H20O4/c1-8(2)14-6-7-15-10-5-3-4-9(10)11(12)13/h8-10H,3-7H2,1-2H3,(H,12,13). The predicted molar refractivity (Wildman–Crippen MR) is 55.8 cm³/mol. The third kappa shape index (κ3) is 4.18. The molecule has 1 saturated carbocycles. The van der Waals surface area contributed by atoms with Crippen molar-refractivity contribution in [2.24, 2.45) is 5.92 Å². The Morgan fingerprint density at radius 2 is 2.13 bits per heavy atom. The van der Waals surface area contributed by atoms with Crippen LogP contribution in [0.25, 0.3) is 0 Å². The van der Waals surface area contributed by atoms with Crippen molar-refractivity contribution in [3.05, 3.63) is 0 Å². The van der Waals surface area contributed by atoms with Gasteiger partial charge in [-0.2, -0.15) is 0 Å². The van der Waals surface area contributed by atoms with Gasteiger partial charge in [-0.3, -0.25) is 4.79 Å². The van der Waals surface area contributed by atoms with Crippen LogP contribution in [0.3, 0.4) is 0 Å². The molecule has 0 radical (unpaired) electrons. The van der Waals surface area contributed by atoms with Gasteiger partial charge < -0.3 is 14.6 Å². The Morgan fingerprint density at radius 1 is 1.40 bits per heavy atom. The summed E-state index contributed by atoms with van der Waals surface area (Å²) in [4.78, 5) is 10.8. The fourth-order valence-corrected chi connectivity index (χ4v) is 1.89. The summed E-state index contributed by atoms with van der Waals surface area (Å²) in [6, 6.07) is 0. The molecule has 0 bridgehead atoms. The molecular formula is C11H20O4. The van der Waals surface area contributed by atoms with Crippen molar-refractivity contribution in [1.82, 2.24) is 0 Å². The van der Waals surface area contributed by atoms with Crippen LogP contribution in [0, 0.1) is 5.92 Å². The maximum absolute atomic E-state index is 10.8. The van der Waals surface area contributed by atoms with E-state index in [1.54, 1.807) is 0 Å². The molecule has 0 saturated heterocycles. The van der Waals surface area contributed by atoms with Gasteiger partial charge in [0.2, 0.25) is 0 Å². The molecule has 2 atom stereocenters. The molecule has 4 heteroatoms. The van der Waals surface area contributed by atoms with Crippen molar-refractivity contribution >= 4 is 5.97 Å². The van der Waals surface area contributed by atoms with Gasteiger partial charge in [0.05, 0.1) is 31.3 Å². The first-order valence-electron chi connectivity index (χ1n) is 5.57. The normalized spacial score (nSPS) is 26.1. The minimum Gasteiger partial charge on any atom is -0.481 e. The number of rotatable bonds is 6. The Hall–Kier alpha value is -0.610. The second kappa shape index (κ2) is 6.08. The molecule has 1 rings (SSSR count). The summed E-state index contributed by atoms with van der Waals surface area (Å²) < 4.78 is 10.8. The summed E-state index contributed by atoms with van der Waals surface area (Å²) in [6.07, 6.45) is 2.64. The van der Waals surface area contributed by atoms with E-state index in [0.717, 1.165) is 19.3 Å². The zero-order chi connectivity index (χ0) is 11.3. The first kappa shape index (κ1) is 12.5. The van der Waals surface area contributed by atoms with E-state index in [1.807, 2.05) is 13.8 Å². The molecule has 2 unspecified atom stereocenters. The molecule has 0 aromatic heterocycles. The summed E-state index contributed by atoms with van der Waals surface area (Å²) in [7, 11) is 0. The Bertz CT molecular complexity index is 203. The largest absolute Gasteiger partial charge is 0.481 e. The highest BCUT2D eigenvalue weighted by Gasteiger charge is 2.33. The Labute approximate surface area is 90.6 Å². The van der Waals surface area contributed by atoms with Gasteiger partial charge in [-0.25, -0.2) is 0 Å². The fourth-order valence-electron chi connectivity index (χ4n) is 1.89. The molecule has 0 aromatic rings. The average molecular weight is 216 g/mol. The molecule has 1 aliphatic carbocycles. The Kier molecular flexibility index (Phi) is 5.05. The van der Waals surface area contributed by atoms with Gasteiger partial charge in [0.1, 0.15) is 0 Å². The predicted octanol–water partition coefficient (Wildman–Crippen LogP) is 1.68. The van der Waals surface area contributed by atoms with Crippen LogP contribution in [-0.4, -0.2) is 36.5 Å². The molecule has 0 spiro atoms. The van der Waals surface area contributed by atoms with Gasteiger partial charge in [-0.05, 0) is 33.1 Å². The molecule has 0 aromatic carbocycles. The summed E-state index contributed by atoms with van der Waals surface area (Å²) >= 11 is 0. The van der Waals surface area contributed by atoms with Gasteiger partial charge in [0.25, 0.3) is 0 Å². The van der Waals surface area contributed by atoms with Gasteiger partial charge in [0.15, 0.2) is 0 Å². The van der Waals surface area contributed by atoms with Crippen LogP contribution in [-0.2, 0) is 14.3 Å². The number of aliphatic carboxylic acids is 1. The summed E-state index contributed by atoms with van der Waals surface area (Å²) in [5.74, 6) is -1.05. The highest BCUT2D eigenvalue weighted by Crippen LogP contribution is 2.28. The molecule has 0 amide bonds. The van der Waals surface area contributed by atoms with Crippen LogP contribution in [0.1, 0.15) is 33.1 Å². The molecule has 88 valence electrons. The number of hydrogen-bond acceptors (Lipinski definition) is 3. The fraction of sp³-hybridized carbons (Fsp3) is 0.909. The van der Waals surface area contributed by atoms with Crippen LogP contribution in [0.5, 0.6) is 0 Å². The molecule has 1 fully saturated rings. The summed E-state index contributed by atoms with van der Waals surface area (Å²) in [5, 5.41) is 8.92. The number of carboxylic acids is 1. The van der Waals surface area contributed by atoms with Crippen molar-refractivity contribution in [2.45, 2.75) is 45.3 Å². The SMILES string of the molecule is CC(C)OCCOC1CCCC1C(=O)O. The molecular weight excluding hydrogens is 196 g/mol. The third-order valence-electron chi connectivity index (χ3n) is 2.64. The average Bonchev–Trinajstić information content (AvgIpc) is 2.60. The van der Waals surface area contributed by atoms with Gasteiger partial charge >= 0.3 is 5.97 Å². The number of ether oxygens (including phenoxy) is 2. The first-order valence-corrected chi connectivity index (χ1v) is 5.57. The molecule has 4 nitrogen and oxygen atoms in total. The quantitative estimate of drug-likeness (QED) is 0.686. The van der Waals surface area contributed by atoms with E-state index in [0.29, 0.717) is 13.2 Å². The van der Waals surface area contributed by atoms with Gasteiger partial charge in [-0.15, -0.1) is 0 Å². The summed E-state index contributed by atoms with van der Waals surface area (Å²) in [5.41, 5.74) is 0. The van der Waals surface area contributed by atoms with E-state index >= 15 is 0 Å². The molecule has 0 aliphatic heterocycles. The number of carboxylic acid groups (broad SMARTS) is 1. The van der Waals surface area contributed by atoms with Crippen molar-refractivity contribution in [2.75, 3.05) is 13.2 Å². The van der Waals surface area contributed by atoms with E-state index in [1.165, 1.54) is 0 Å². The Morgan fingerprint density at radius 3 is 2.73 bits per heavy atom. The van der Waals surface area contributed by atoms with Crippen LogP contribution in [0.15, 0.2) is 0 Å². The Balaban J connectivity index is 2.17. The highest BCUT2D eigenvalue weighted by atomic mass is 16.5. The maximum atomic E-state index is 10.8. The number of carbonyl (C=O) groups is 1. The van der Waals surface area contributed by atoms with Crippen molar-refractivity contribution in [3.63, 3.8) is 0 Å². The lowest BCUT2D eigenvalue weighted by Crippen LogP contribution is -2.27. The maximum Gasteiger partial charge on any atom is 0.309 e. The first-order chi connectivity index (χ1) is 7.11. The monoisotopic (exact) mass is 216 g/mol. The minimum atomic E-state index is -0.734. The molecule has 15 heavy (non-hydrogen) atoms. The van der Waals surface area contributed by atoms with E-state index in [-0.39, 0.29) is 18.1 Å². The lowest BCUT2D eigenvalue weighted by Gasteiger charge is -2.17. The van der Waals surface area contributed by atoms with Crippen LogP contribution in [0.2, 0.25) is 0 Å². The van der Waals surface area contributed by atoms with E-state index in [9.17, 15) is 4.79 Å². The topological polar surface area (TPSA) is 55.8 Å². The second-order valence-corrected chi connectivity index (χ2v) is 4.20.